The Balaban J connectivity index is 0.000000640. The van der Waals surface area contributed by atoms with E-state index in [-0.39, 0.29) is 14.0 Å². The molecule has 0 amide bonds. The molecule has 0 aliphatic carbocycles. The minimum Gasteiger partial charge on any atom is -0.392 e. The Morgan fingerprint density at radius 2 is 1.89 bits per heavy atom. The number of hydrogen-bond acceptors (Lipinski definition) is 3. The fraction of sp³-hybridized carbons (Fsp3) is 0.333. The average Bonchev–Trinajstić information content (AvgIpc) is 1.90. The second kappa shape index (κ2) is 3.97. The number of hydrogen-bond donors (Lipinski definition) is 1. The van der Waals surface area contributed by atoms with Crippen LogP contribution in [0.3, 0.4) is 0 Å². The first-order valence-electron chi connectivity index (χ1n) is 2.28. The van der Waals surface area contributed by atoms with E-state index in [1.54, 1.807) is 12.4 Å². The molecule has 0 atom stereocenters. The minimum absolute atomic E-state index is 0. The van der Waals surface area contributed by atoms with E-state index >= 15 is 0 Å². The fourth-order valence-electron chi connectivity index (χ4n) is 0.412. The molecule has 1 N–H and O–H groups in total. The van der Waals surface area contributed by atoms with Crippen molar-refractivity contribution in [1.29, 1.82) is 0 Å². The predicted molar refractivity (Wildman–Crippen MR) is 34.7 cm³/mol. The van der Waals surface area contributed by atoms with E-state index in [9.17, 15) is 0 Å². The lowest BCUT2D eigenvalue weighted by Crippen LogP contribution is -1.84. The molecule has 3 nitrogen and oxygen atoms in total. The topological polar surface area (TPSA) is 46.0 Å². The smallest absolute Gasteiger partial charge is 0.115 e. The fourth-order valence-corrected chi connectivity index (χ4v) is 0.412. The van der Waals surface area contributed by atoms with Crippen molar-refractivity contribution in [3.05, 3.63) is 24.3 Å². The third-order valence-corrected chi connectivity index (χ3v) is 0.797. The summed E-state index contributed by atoms with van der Waals surface area (Å²) in [5.74, 6) is 0. The van der Waals surface area contributed by atoms with Gasteiger partial charge in [0, 0.05) is 18.0 Å². The van der Waals surface area contributed by atoms with Crippen LogP contribution in [0.25, 0.3) is 0 Å². The quantitative estimate of drug-likeness (QED) is 0.599. The van der Waals surface area contributed by atoms with Crippen LogP contribution < -0.4 is 0 Å². The average molecular weight is 126 g/mol. The van der Waals surface area contributed by atoms with E-state index in [2.05, 4.69) is 9.97 Å². The van der Waals surface area contributed by atoms with Gasteiger partial charge in [-0.25, -0.2) is 9.97 Å². The summed E-state index contributed by atoms with van der Waals surface area (Å²) < 4.78 is 0. The first kappa shape index (κ1) is 8.04. The molecule has 0 radical (unpaired) electrons. The lowest BCUT2D eigenvalue weighted by atomic mass is 10.4. The van der Waals surface area contributed by atoms with Gasteiger partial charge in [0.15, 0.2) is 0 Å². The molecular formula is C6H10N2O. The molecule has 0 saturated carbocycles. The van der Waals surface area contributed by atoms with Crippen molar-refractivity contribution in [2.24, 2.45) is 0 Å². The van der Waals surface area contributed by atoms with E-state index in [0.29, 0.717) is 0 Å². The first-order valence-corrected chi connectivity index (χ1v) is 2.28. The lowest BCUT2D eigenvalue weighted by Gasteiger charge is -1.87. The van der Waals surface area contributed by atoms with Crippen molar-refractivity contribution in [1.82, 2.24) is 9.97 Å². The van der Waals surface area contributed by atoms with E-state index in [1.165, 1.54) is 6.33 Å². The molecule has 1 aromatic rings. The van der Waals surface area contributed by atoms with Crippen LogP contribution in [0.1, 0.15) is 13.0 Å². The maximum atomic E-state index is 8.46. The second-order valence-electron chi connectivity index (χ2n) is 1.40. The molecule has 0 bridgehead atoms. The van der Waals surface area contributed by atoms with Gasteiger partial charge in [0.1, 0.15) is 6.33 Å². The van der Waals surface area contributed by atoms with Crippen molar-refractivity contribution >= 4 is 0 Å². The van der Waals surface area contributed by atoms with Crippen LogP contribution in [0.4, 0.5) is 0 Å². The Labute approximate surface area is 54.4 Å². The highest BCUT2D eigenvalue weighted by molar-refractivity contribution is 4.99. The van der Waals surface area contributed by atoms with Crippen LogP contribution in [-0.2, 0) is 6.61 Å². The molecule has 0 aliphatic rings. The number of aliphatic hydroxyl groups is 1. The second-order valence-corrected chi connectivity index (χ2v) is 1.40. The molecule has 3 heteroatoms. The Hall–Kier alpha value is -0.960. The summed E-state index contributed by atoms with van der Waals surface area (Å²) in [4.78, 5) is 7.37. The third kappa shape index (κ3) is 2.19. The summed E-state index contributed by atoms with van der Waals surface area (Å²) in [6, 6.07) is 0. The van der Waals surface area contributed by atoms with Crippen molar-refractivity contribution in [2.75, 3.05) is 0 Å². The molecule has 0 aromatic carbocycles. The molecule has 1 heterocycles. The maximum absolute atomic E-state index is 8.46. The van der Waals surface area contributed by atoms with Gasteiger partial charge in [-0.2, -0.15) is 0 Å². The molecule has 0 aliphatic heterocycles. The predicted octanol–water partition coefficient (Wildman–Crippen LogP) is 0.605. The number of rotatable bonds is 1. The zero-order valence-corrected chi connectivity index (χ0v) is 4.28. The molecule has 1 rings (SSSR count). The van der Waals surface area contributed by atoms with E-state index < -0.39 is 0 Å². The van der Waals surface area contributed by atoms with Gasteiger partial charge in [-0.05, 0) is 0 Å². The number of nitrogens with zero attached hydrogens (tertiary/aromatic N) is 2. The van der Waals surface area contributed by atoms with E-state index in [0.717, 1.165) is 5.56 Å². The largest absolute Gasteiger partial charge is 0.392 e. The molecule has 0 fully saturated rings. The number of aliphatic hydroxyl groups excluding tert-OH is 1. The van der Waals surface area contributed by atoms with Crippen LogP contribution in [0.15, 0.2) is 18.7 Å². The Kier molecular flexibility index (Phi) is 3.55. The summed E-state index contributed by atoms with van der Waals surface area (Å²) in [6.07, 6.45) is 4.58. The molecule has 0 saturated heterocycles. The monoisotopic (exact) mass is 126 g/mol. The van der Waals surface area contributed by atoms with Crippen molar-refractivity contribution in [3.8, 4) is 0 Å². The Morgan fingerprint density at radius 3 is 2.22 bits per heavy atom. The van der Waals surface area contributed by atoms with E-state index in [4.69, 9.17) is 5.11 Å². The van der Waals surface area contributed by atoms with Gasteiger partial charge in [0.25, 0.3) is 0 Å². The van der Waals surface area contributed by atoms with Crippen LogP contribution in [0.2, 0.25) is 0 Å². The summed E-state index contributed by atoms with van der Waals surface area (Å²) in [7, 11) is 0. The molecule has 0 unspecified atom stereocenters. The van der Waals surface area contributed by atoms with Crippen molar-refractivity contribution in [2.45, 2.75) is 14.0 Å². The number of aromatic nitrogens is 2. The van der Waals surface area contributed by atoms with Gasteiger partial charge >= 0.3 is 0 Å². The van der Waals surface area contributed by atoms with Gasteiger partial charge in [0.05, 0.1) is 6.61 Å². The lowest BCUT2D eigenvalue weighted by molar-refractivity contribution is 0.281. The molecule has 9 heavy (non-hydrogen) atoms. The van der Waals surface area contributed by atoms with Gasteiger partial charge < -0.3 is 5.11 Å². The van der Waals surface area contributed by atoms with Crippen LogP contribution in [-0.4, -0.2) is 15.1 Å². The zero-order valence-electron chi connectivity index (χ0n) is 4.28. The normalized spacial score (nSPS) is 8.11. The highest BCUT2D eigenvalue weighted by atomic mass is 16.3. The summed E-state index contributed by atoms with van der Waals surface area (Å²) in [6.45, 7) is 0.0147. The highest BCUT2D eigenvalue weighted by Crippen LogP contribution is 1.88. The van der Waals surface area contributed by atoms with Crippen LogP contribution in [0.5, 0.6) is 0 Å². The SMILES string of the molecule is C.OCc1cncnc1. The Morgan fingerprint density at radius 1 is 1.33 bits per heavy atom. The standard InChI is InChI=1S/C5H6N2O.CH4/c8-3-5-1-6-4-7-2-5;/h1-2,4,8H,3H2;1H4. The van der Waals surface area contributed by atoms with Gasteiger partial charge in [-0.3, -0.25) is 0 Å². The van der Waals surface area contributed by atoms with Crippen LogP contribution in [0, 0.1) is 0 Å². The van der Waals surface area contributed by atoms with Crippen molar-refractivity contribution < 1.29 is 5.11 Å². The van der Waals surface area contributed by atoms with Crippen LogP contribution >= 0.6 is 0 Å². The first-order chi connectivity index (χ1) is 3.93. The van der Waals surface area contributed by atoms with Gasteiger partial charge in [-0.1, -0.05) is 7.43 Å². The van der Waals surface area contributed by atoms with Crippen molar-refractivity contribution in [3.63, 3.8) is 0 Å². The zero-order chi connectivity index (χ0) is 5.82. The van der Waals surface area contributed by atoms with E-state index in [1.807, 2.05) is 0 Å². The molecular weight excluding hydrogens is 116 g/mol. The Bertz CT molecular complexity index is 152. The van der Waals surface area contributed by atoms with Gasteiger partial charge in [0.2, 0.25) is 0 Å². The molecule has 0 spiro atoms. The summed E-state index contributed by atoms with van der Waals surface area (Å²) in [5, 5.41) is 8.46. The summed E-state index contributed by atoms with van der Waals surface area (Å²) in [5.41, 5.74) is 0.743. The third-order valence-electron chi connectivity index (χ3n) is 0.797. The minimum atomic E-state index is 0. The molecule has 50 valence electrons. The summed E-state index contributed by atoms with van der Waals surface area (Å²) >= 11 is 0. The molecule has 1 aromatic heterocycles. The maximum Gasteiger partial charge on any atom is 0.115 e. The van der Waals surface area contributed by atoms with Gasteiger partial charge in [-0.15, -0.1) is 0 Å². The highest BCUT2D eigenvalue weighted by Gasteiger charge is 1.83.